The number of unbranched alkanes of at least 4 members (excludes halogenated alkanes) is 4. The van der Waals surface area contributed by atoms with Crippen LogP contribution >= 0.6 is 11.6 Å². The van der Waals surface area contributed by atoms with Crippen molar-refractivity contribution in [1.82, 2.24) is 0 Å². The van der Waals surface area contributed by atoms with Gasteiger partial charge in [-0.3, -0.25) is 10.1 Å². The van der Waals surface area contributed by atoms with Gasteiger partial charge in [-0.15, -0.1) is 11.6 Å². The van der Waals surface area contributed by atoms with Crippen LogP contribution in [0.1, 0.15) is 51.0 Å². The van der Waals surface area contributed by atoms with E-state index in [1.54, 1.807) is 24.3 Å². The highest BCUT2D eigenvalue weighted by Gasteiger charge is 2.08. The predicted octanol–water partition coefficient (Wildman–Crippen LogP) is 5.11. The molecule has 106 valence electrons. The Balaban J connectivity index is 2.27. The average Bonchev–Trinajstić information content (AvgIpc) is 2.39. The van der Waals surface area contributed by atoms with Crippen molar-refractivity contribution in [2.45, 2.75) is 57.2 Å². The molecule has 0 spiro atoms. The third-order valence-corrected chi connectivity index (χ3v) is 3.60. The molecule has 1 rings (SSSR count). The minimum absolute atomic E-state index is 0.128. The van der Waals surface area contributed by atoms with Gasteiger partial charge in [-0.05, 0) is 18.4 Å². The van der Waals surface area contributed by atoms with E-state index in [9.17, 15) is 10.1 Å². The third-order valence-electron chi connectivity index (χ3n) is 3.23. The number of rotatable bonds is 9. The molecule has 0 aliphatic heterocycles. The minimum Gasteiger partial charge on any atom is -0.258 e. The summed E-state index contributed by atoms with van der Waals surface area (Å²) in [6.45, 7) is 2.21. The van der Waals surface area contributed by atoms with Crippen molar-refractivity contribution < 1.29 is 4.92 Å². The van der Waals surface area contributed by atoms with Crippen molar-refractivity contribution >= 4 is 17.3 Å². The molecule has 0 N–H and O–H groups in total. The molecular formula is C15H22ClNO2. The number of hydrogen-bond acceptors (Lipinski definition) is 2. The van der Waals surface area contributed by atoms with E-state index in [0.717, 1.165) is 18.4 Å². The van der Waals surface area contributed by atoms with Crippen LogP contribution in [0.2, 0.25) is 0 Å². The second-order valence-corrected chi connectivity index (χ2v) is 5.55. The Hall–Kier alpha value is -1.09. The number of nitro groups is 1. The third kappa shape index (κ3) is 6.58. The summed E-state index contributed by atoms with van der Waals surface area (Å²) < 4.78 is 0. The lowest BCUT2D eigenvalue weighted by atomic mass is 10.0. The van der Waals surface area contributed by atoms with Gasteiger partial charge in [0.1, 0.15) is 0 Å². The fourth-order valence-electron chi connectivity index (χ4n) is 2.08. The number of nitrogens with zero attached hydrogens (tertiary/aromatic N) is 1. The van der Waals surface area contributed by atoms with Gasteiger partial charge in [0.2, 0.25) is 0 Å². The van der Waals surface area contributed by atoms with Crippen LogP contribution in [0.3, 0.4) is 0 Å². The number of non-ortho nitro benzene ring substituents is 1. The second-order valence-electron chi connectivity index (χ2n) is 4.93. The van der Waals surface area contributed by atoms with Crippen molar-refractivity contribution in [3.63, 3.8) is 0 Å². The molecule has 0 aliphatic carbocycles. The van der Waals surface area contributed by atoms with Gasteiger partial charge in [0.15, 0.2) is 0 Å². The monoisotopic (exact) mass is 283 g/mol. The van der Waals surface area contributed by atoms with Gasteiger partial charge in [0, 0.05) is 17.5 Å². The molecule has 3 nitrogen and oxygen atoms in total. The van der Waals surface area contributed by atoms with Crippen LogP contribution in [0.4, 0.5) is 5.69 Å². The van der Waals surface area contributed by atoms with Gasteiger partial charge in [-0.25, -0.2) is 0 Å². The topological polar surface area (TPSA) is 43.1 Å². The van der Waals surface area contributed by atoms with Crippen LogP contribution in [-0.4, -0.2) is 10.3 Å². The molecule has 0 saturated heterocycles. The first-order valence-corrected chi connectivity index (χ1v) is 7.44. The summed E-state index contributed by atoms with van der Waals surface area (Å²) in [4.78, 5) is 10.2. The maximum atomic E-state index is 10.5. The van der Waals surface area contributed by atoms with Gasteiger partial charge in [0.05, 0.1) is 4.92 Å². The molecule has 0 aliphatic rings. The van der Waals surface area contributed by atoms with Crippen LogP contribution in [-0.2, 0) is 6.42 Å². The summed E-state index contributed by atoms with van der Waals surface area (Å²) in [6, 6.07) is 6.68. The molecule has 0 fully saturated rings. The van der Waals surface area contributed by atoms with Gasteiger partial charge in [-0.2, -0.15) is 0 Å². The Bertz CT molecular complexity index is 378. The highest BCUT2D eigenvalue weighted by Crippen LogP contribution is 2.18. The molecule has 0 saturated carbocycles. The maximum Gasteiger partial charge on any atom is 0.269 e. The van der Waals surface area contributed by atoms with Crippen LogP contribution in [0.15, 0.2) is 24.3 Å². The first kappa shape index (κ1) is 16.0. The molecule has 1 atom stereocenters. The molecule has 0 radical (unpaired) electrons. The van der Waals surface area contributed by atoms with Crippen molar-refractivity contribution in [1.29, 1.82) is 0 Å². The van der Waals surface area contributed by atoms with E-state index in [1.165, 1.54) is 32.1 Å². The highest BCUT2D eigenvalue weighted by molar-refractivity contribution is 6.20. The number of nitro benzene ring substituents is 1. The van der Waals surface area contributed by atoms with E-state index in [1.807, 2.05) is 0 Å². The van der Waals surface area contributed by atoms with Crippen molar-refractivity contribution in [3.8, 4) is 0 Å². The Kier molecular flexibility index (Phi) is 7.49. The molecule has 19 heavy (non-hydrogen) atoms. The maximum absolute atomic E-state index is 10.5. The number of hydrogen-bond donors (Lipinski definition) is 0. The Morgan fingerprint density at radius 1 is 1.16 bits per heavy atom. The summed E-state index contributed by atoms with van der Waals surface area (Å²) in [7, 11) is 0. The Morgan fingerprint density at radius 3 is 2.37 bits per heavy atom. The van der Waals surface area contributed by atoms with Crippen LogP contribution in [0.5, 0.6) is 0 Å². The predicted molar refractivity (Wildman–Crippen MR) is 79.8 cm³/mol. The largest absolute Gasteiger partial charge is 0.269 e. The number of benzene rings is 1. The van der Waals surface area contributed by atoms with E-state index in [2.05, 4.69) is 6.92 Å². The van der Waals surface area contributed by atoms with Gasteiger partial charge in [-0.1, -0.05) is 51.2 Å². The molecule has 0 aromatic heterocycles. The molecule has 4 heteroatoms. The van der Waals surface area contributed by atoms with Crippen LogP contribution in [0.25, 0.3) is 0 Å². The molecule has 0 bridgehead atoms. The van der Waals surface area contributed by atoms with E-state index in [-0.39, 0.29) is 16.0 Å². The normalized spacial score (nSPS) is 12.3. The fourth-order valence-corrected chi connectivity index (χ4v) is 2.41. The standard InChI is InChI=1S/C15H22ClNO2/c1-2-3-4-5-6-7-14(16)12-13-8-10-15(11-9-13)17(18)19/h8-11,14H,2-7,12H2,1H3. The second kappa shape index (κ2) is 8.92. The number of alkyl halides is 1. The number of halogens is 1. The Morgan fingerprint density at radius 2 is 1.79 bits per heavy atom. The average molecular weight is 284 g/mol. The lowest BCUT2D eigenvalue weighted by Gasteiger charge is -2.09. The zero-order valence-corrected chi connectivity index (χ0v) is 12.2. The molecule has 0 amide bonds. The molecule has 0 heterocycles. The highest BCUT2D eigenvalue weighted by atomic mass is 35.5. The molecule has 1 aromatic rings. The summed E-state index contributed by atoms with van der Waals surface area (Å²) in [5, 5.41) is 10.7. The van der Waals surface area contributed by atoms with Crippen molar-refractivity contribution in [3.05, 3.63) is 39.9 Å². The summed E-state index contributed by atoms with van der Waals surface area (Å²) in [5.41, 5.74) is 1.20. The zero-order valence-electron chi connectivity index (χ0n) is 11.5. The first-order chi connectivity index (χ1) is 9.13. The lowest BCUT2D eigenvalue weighted by Crippen LogP contribution is -2.03. The SMILES string of the molecule is CCCCCCCC(Cl)Cc1ccc([N+](=O)[O-])cc1. The lowest BCUT2D eigenvalue weighted by molar-refractivity contribution is -0.384. The minimum atomic E-state index is -0.379. The first-order valence-electron chi connectivity index (χ1n) is 7.01. The zero-order chi connectivity index (χ0) is 14.1. The van der Waals surface area contributed by atoms with Gasteiger partial charge in [0.25, 0.3) is 5.69 Å². The fraction of sp³-hybridized carbons (Fsp3) is 0.600. The van der Waals surface area contributed by atoms with E-state index in [0.29, 0.717) is 0 Å². The van der Waals surface area contributed by atoms with Gasteiger partial charge >= 0.3 is 0 Å². The molecule has 1 aromatic carbocycles. The van der Waals surface area contributed by atoms with E-state index >= 15 is 0 Å². The van der Waals surface area contributed by atoms with Crippen LogP contribution < -0.4 is 0 Å². The summed E-state index contributed by atoms with van der Waals surface area (Å²) in [6.07, 6.45) is 8.06. The Labute approximate surface area is 120 Å². The molecular weight excluding hydrogens is 262 g/mol. The smallest absolute Gasteiger partial charge is 0.258 e. The van der Waals surface area contributed by atoms with Crippen LogP contribution in [0, 0.1) is 10.1 Å². The van der Waals surface area contributed by atoms with E-state index in [4.69, 9.17) is 11.6 Å². The quantitative estimate of drug-likeness (QED) is 0.274. The van der Waals surface area contributed by atoms with Gasteiger partial charge < -0.3 is 0 Å². The molecule has 1 unspecified atom stereocenters. The summed E-state index contributed by atoms with van der Waals surface area (Å²) in [5.74, 6) is 0. The van der Waals surface area contributed by atoms with E-state index < -0.39 is 0 Å². The summed E-state index contributed by atoms with van der Waals surface area (Å²) >= 11 is 6.30. The van der Waals surface area contributed by atoms with Crippen molar-refractivity contribution in [2.24, 2.45) is 0 Å². The van der Waals surface area contributed by atoms with Crippen molar-refractivity contribution in [2.75, 3.05) is 0 Å².